The molecule has 7 heteroatoms. The first-order chi connectivity index (χ1) is 8.88. The van der Waals surface area contributed by atoms with Crippen molar-refractivity contribution in [1.29, 1.82) is 0 Å². The van der Waals surface area contributed by atoms with E-state index in [9.17, 15) is 18.0 Å². The number of carbonyl (C=O) groups is 1. The number of rotatable bonds is 7. The topological polar surface area (TPSA) is 55.8 Å². The SMILES string of the molecule is O=C(O)CCCCOc1ccccc1OC(F)(F)F. The second-order valence-corrected chi connectivity index (χ2v) is 3.69. The Morgan fingerprint density at radius 1 is 1.16 bits per heavy atom. The van der Waals surface area contributed by atoms with Gasteiger partial charge in [0, 0.05) is 6.42 Å². The number of aliphatic carboxylic acids is 1. The van der Waals surface area contributed by atoms with E-state index >= 15 is 0 Å². The van der Waals surface area contributed by atoms with Crippen LogP contribution in [0.1, 0.15) is 19.3 Å². The smallest absolute Gasteiger partial charge is 0.490 e. The molecule has 4 nitrogen and oxygen atoms in total. The van der Waals surface area contributed by atoms with Gasteiger partial charge in [0.1, 0.15) is 0 Å². The van der Waals surface area contributed by atoms with Crippen LogP contribution < -0.4 is 9.47 Å². The predicted molar refractivity (Wildman–Crippen MR) is 60.1 cm³/mol. The number of alkyl halides is 3. The van der Waals surface area contributed by atoms with E-state index in [2.05, 4.69) is 4.74 Å². The van der Waals surface area contributed by atoms with E-state index in [0.717, 1.165) is 6.07 Å². The zero-order valence-corrected chi connectivity index (χ0v) is 9.94. The van der Waals surface area contributed by atoms with Gasteiger partial charge in [-0.25, -0.2) is 0 Å². The third-order valence-corrected chi connectivity index (χ3v) is 2.12. The molecule has 0 aliphatic rings. The maximum absolute atomic E-state index is 12.1. The molecule has 1 rings (SSSR count). The Kier molecular flexibility index (Phi) is 5.47. The fourth-order valence-electron chi connectivity index (χ4n) is 1.34. The number of hydrogen-bond donors (Lipinski definition) is 1. The zero-order valence-electron chi connectivity index (χ0n) is 9.94. The number of carboxylic acids is 1. The van der Waals surface area contributed by atoms with Gasteiger partial charge < -0.3 is 14.6 Å². The van der Waals surface area contributed by atoms with Crippen molar-refractivity contribution in [3.63, 3.8) is 0 Å². The van der Waals surface area contributed by atoms with Gasteiger partial charge in [0.2, 0.25) is 0 Å². The average molecular weight is 278 g/mol. The largest absolute Gasteiger partial charge is 0.573 e. The molecule has 1 N–H and O–H groups in total. The van der Waals surface area contributed by atoms with Crippen LogP contribution >= 0.6 is 0 Å². The van der Waals surface area contributed by atoms with Crippen LogP contribution in [0.5, 0.6) is 11.5 Å². The number of carboxylic acid groups (broad SMARTS) is 1. The van der Waals surface area contributed by atoms with Gasteiger partial charge in [-0.2, -0.15) is 0 Å². The van der Waals surface area contributed by atoms with Crippen LogP contribution in [0.15, 0.2) is 24.3 Å². The molecule has 0 spiro atoms. The van der Waals surface area contributed by atoms with E-state index in [1.807, 2.05) is 0 Å². The van der Waals surface area contributed by atoms with Crippen LogP contribution in [0.25, 0.3) is 0 Å². The molecule has 0 aliphatic carbocycles. The van der Waals surface area contributed by atoms with Crippen LogP contribution in [0.2, 0.25) is 0 Å². The molecule has 1 aromatic rings. The highest BCUT2D eigenvalue weighted by atomic mass is 19.4. The molecular formula is C12H13F3O4. The predicted octanol–water partition coefficient (Wildman–Crippen LogP) is 3.22. The molecule has 0 amide bonds. The van der Waals surface area contributed by atoms with Gasteiger partial charge in [0.05, 0.1) is 6.61 Å². The average Bonchev–Trinajstić information content (AvgIpc) is 2.28. The molecular weight excluding hydrogens is 265 g/mol. The molecule has 0 unspecified atom stereocenters. The van der Waals surface area contributed by atoms with Crippen molar-refractivity contribution in [2.24, 2.45) is 0 Å². The minimum absolute atomic E-state index is 0.00403. The summed E-state index contributed by atoms with van der Waals surface area (Å²) in [5.41, 5.74) is 0. The molecule has 0 aliphatic heterocycles. The quantitative estimate of drug-likeness (QED) is 0.778. The number of hydrogen-bond acceptors (Lipinski definition) is 3. The Morgan fingerprint density at radius 3 is 2.37 bits per heavy atom. The molecule has 0 atom stereocenters. The maximum atomic E-state index is 12.1. The molecule has 0 fully saturated rings. The summed E-state index contributed by atoms with van der Waals surface area (Å²) in [5.74, 6) is -1.34. The summed E-state index contributed by atoms with van der Waals surface area (Å²) in [6, 6.07) is 5.44. The first-order valence-corrected chi connectivity index (χ1v) is 5.58. The summed E-state index contributed by atoms with van der Waals surface area (Å²) < 4.78 is 45.3. The first kappa shape index (κ1) is 15.1. The van der Waals surface area contributed by atoms with Crippen LogP contribution in [-0.2, 0) is 4.79 Å². The zero-order chi connectivity index (χ0) is 14.3. The lowest BCUT2D eigenvalue weighted by Gasteiger charge is -2.13. The van der Waals surface area contributed by atoms with Crippen molar-refractivity contribution in [3.05, 3.63) is 24.3 Å². The maximum Gasteiger partial charge on any atom is 0.573 e. The normalized spacial score (nSPS) is 11.1. The molecule has 19 heavy (non-hydrogen) atoms. The summed E-state index contributed by atoms with van der Waals surface area (Å²) in [6.07, 6.45) is -3.93. The summed E-state index contributed by atoms with van der Waals surface area (Å²) in [6.45, 7) is 0.130. The number of unbranched alkanes of at least 4 members (excludes halogenated alkanes) is 1. The molecule has 106 valence electrons. The van der Waals surface area contributed by atoms with E-state index in [0.29, 0.717) is 12.8 Å². The molecule has 0 bridgehead atoms. The highest BCUT2D eigenvalue weighted by Gasteiger charge is 2.32. The molecule has 0 heterocycles. The number of benzene rings is 1. The molecule has 0 aromatic heterocycles. The second-order valence-electron chi connectivity index (χ2n) is 3.69. The van der Waals surface area contributed by atoms with Crippen molar-refractivity contribution in [2.75, 3.05) is 6.61 Å². The van der Waals surface area contributed by atoms with Gasteiger partial charge in [0.15, 0.2) is 11.5 Å². The standard InChI is InChI=1S/C12H13F3O4/c13-12(14,15)19-10-6-2-1-5-9(10)18-8-4-3-7-11(16)17/h1-2,5-6H,3-4,7-8H2,(H,16,17). The Bertz CT molecular complexity index is 418. The lowest BCUT2D eigenvalue weighted by atomic mass is 10.2. The molecule has 0 saturated carbocycles. The van der Waals surface area contributed by atoms with E-state index in [4.69, 9.17) is 9.84 Å². The van der Waals surface area contributed by atoms with E-state index in [1.54, 1.807) is 0 Å². The van der Waals surface area contributed by atoms with Gasteiger partial charge in [-0.15, -0.1) is 13.2 Å². The van der Waals surface area contributed by atoms with Crippen molar-refractivity contribution >= 4 is 5.97 Å². The Labute approximate surface area is 107 Å². The Morgan fingerprint density at radius 2 is 1.79 bits per heavy atom. The first-order valence-electron chi connectivity index (χ1n) is 5.58. The molecule has 0 saturated heterocycles. The Hall–Kier alpha value is -1.92. The van der Waals surface area contributed by atoms with E-state index < -0.39 is 18.1 Å². The van der Waals surface area contributed by atoms with Crippen LogP contribution in [0, 0.1) is 0 Å². The number of para-hydroxylation sites is 2. The minimum Gasteiger partial charge on any atom is -0.490 e. The van der Waals surface area contributed by atoms with Gasteiger partial charge >= 0.3 is 12.3 Å². The van der Waals surface area contributed by atoms with Crippen LogP contribution in [-0.4, -0.2) is 24.0 Å². The molecule has 1 aromatic carbocycles. The second kappa shape index (κ2) is 6.86. The summed E-state index contributed by atoms with van der Waals surface area (Å²) in [4.78, 5) is 10.3. The van der Waals surface area contributed by atoms with Crippen molar-refractivity contribution in [3.8, 4) is 11.5 Å². The summed E-state index contributed by atoms with van der Waals surface area (Å²) in [7, 11) is 0. The Balaban J connectivity index is 2.47. The highest BCUT2D eigenvalue weighted by Crippen LogP contribution is 2.31. The fourth-order valence-corrected chi connectivity index (χ4v) is 1.34. The minimum atomic E-state index is -4.78. The van der Waals surface area contributed by atoms with Crippen molar-refractivity contribution in [2.45, 2.75) is 25.6 Å². The van der Waals surface area contributed by atoms with E-state index in [1.165, 1.54) is 18.2 Å². The third-order valence-electron chi connectivity index (χ3n) is 2.12. The summed E-state index contributed by atoms with van der Waals surface area (Å²) >= 11 is 0. The lowest BCUT2D eigenvalue weighted by Crippen LogP contribution is -2.17. The monoisotopic (exact) mass is 278 g/mol. The highest BCUT2D eigenvalue weighted by molar-refractivity contribution is 5.66. The van der Waals surface area contributed by atoms with Crippen molar-refractivity contribution in [1.82, 2.24) is 0 Å². The van der Waals surface area contributed by atoms with Crippen LogP contribution in [0.3, 0.4) is 0 Å². The number of ether oxygens (including phenoxy) is 2. The third kappa shape index (κ3) is 6.54. The van der Waals surface area contributed by atoms with Gasteiger partial charge in [-0.1, -0.05) is 12.1 Å². The van der Waals surface area contributed by atoms with Gasteiger partial charge in [-0.05, 0) is 25.0 Å². The van der Waals surface area contributed by atoms with Gasteiger partial charge in [0.25, 0.3) is 0 Å². The van der Waals surface area contributed by atoms with Gasteiger partial charge in [-0.3, -0.25) is 4.79 Å². The van der Waals surface area contributed by atoms with Crippen LogP contribution in [0.4, 0.5) is 13.2 Å². The number of halogens is 3. The fraction of sp³-hybridized carbons (Fsp3) is 0.417. The lowest BCUT2D eigenvalue weighted by molar-refractivity contribution is -0.275. The summed E-state index contributed by atoms with van der Waals surface area (Å²) in [5, 5.41) is 8.42. The molecule has 0 radical (unpaired) electrons. The van der Waals surface area contributed by atoms with Crippen molar-refractivity contribution < 1.29 is 32.5 Å². The van der Waals surface area contributed by atoms with E-state index in [-0.39, 0.29) is 18.8 Å².